The summed E-state index contributed by atoms with van der Waals surface area (Å²) in [4.78, 5) is 11.5. The number of alkyl halides is 3. The summed E-state index contributed by atoms with van der Waals surface area (Å²) in [5, 5.41) is 15.4. The van der Waals surface area contributed by atoms with Crippen molar-refractivity contribution in [2.75, 3.05) is 11.9 Å². The minimum absolute atomic E-state index is 0.0412. The van der Waals surface area contributed by atoms with Gasteiger partial charge in [-0.1, -0.05) is 5.16 Å². The van der Waals surface area contributed by atoms with Crippen molar-refractivity contribution in [3.8, 4) is 28.9 Å². The second-order valence-corrected chi connectivity index (χ2v) is 5.90. The number of hydrogen-bond acceptors (Lipinski definition) is 6. The van der Waals surface area contributed by atoms with Gasteiger partial charge >= 0.3 is 6.18 Å². The number of hydrogen-bond donors (Lipinski definition) is 2. The van der Waals surface area contributed by atoms with Gasteiger partial charge in [-0.05, 0) is 36.4 Å². The highest BCUT2D eigenvalue weighted by Gasteiger charge is 2.27. The van der Waals surface area contributed by atoms with Crippen LogP contribution in [0.4, 0.5) is 18.9 Å². The molecule has 0 aliphatic carbocycles. The Hall–Kier alpha value is -3.87. The van der Waals surface area contributed by atoms with E-state index in [-0.39, 0.29) is 17.1 Å². The summed E-state index contributed by atoms with van der Waals surface area (Å²) >= 11 is 0. The first-order chi connectivity index (χ1) is 13.4. The maximum absolute atomic E-state index is 12.4. The van der Waals surface area contributed by atoms with Crippen molar-refractivity contribution in [1.29, 1.82) is 5.26 Å². The lowest BCUT2D eigenvalue weighted by Crippen LogP contribution is -2.21. The molecule has 0 aliphatic heterocycles. The van der Waals surface area contributed by atoms with Gasteiger partial charge in [0.1, 0.15) is 12.6 Å². The minimum atomic E-state index is -4.39. The van der Waals surface area contributed by atoms with Gasteiger partial charge in [0.2, 0.25) is 5.82 Å². The summed E-state index contributed by atoms with van der Waals surface area (Å²) < 4.78 is 42.4. The number of H-pyrrole nitrogens is 1. The van der Waals surface area contributed by atoms with Gasteiger partial charge < -0.3 is 14.8 Å². The quantitative estimate of drug-likeness (QED) is 0.548. The summed E-state index contributed by atoms with van der Waals surface area (Å²) in [6, 6.07) is 11.6. The Labute approximate surface area is 155 Å². The predicted octanol–water partition coefficient (Wildman–Crippen LogP) is 4.13. The van der Waals surface area contributed by atoms with Gasteiger partial charge in [0.25, 0.3) is 5.89 Å². The lowest BCUT2D eigenvalue weighted by Gasteiger charge is -2.11. The Morgan fingerprint density at radius 3 is 2.75 bits per heavy atom. The number of imidazole rings is 1. The molecule has 0 unspecified atom stereocenters. The molecule has 10 heteroatoms. The van der Waals surface area contributed by atoms with E-state index >= 15 is 0 Å². The normalized spacial score (nSPS) is 11.5. The first kappa shape index (κ1) is 17.5. The van der Waals surface area contributed by atoms with Crippen LogP contribution in [0.15, 0.2) is 47.2 Å². The number of benzene rings is 2. The summed E-state index contributed by atoms with van der Waals surface area (Å²) in [5.74, 6) is 0.480. The molecule has 0 fully saturated rings. The van der Waals surface area contributed by atoms with Gasteiger partial charge in [0.05, 0.1) is 28.6 Å². The average Bonchev–Trinajstić information content (AvgIpc) is 3.34. The third-order valence-corrected chi connectivity index (χ3v) is 3.97. The van der Waals surface area contributed by atoms with Crippen LogP contribution in [0.5, 0.6) is 0 Å². The third-order valence-electron chi connectivity index (χ3n) is 3.97. The first-order valence-corrected chi connectivity index (χ1v) is 8.05. The number of nitrogens with zero attached hydrogens (tertiary/aromatic N) is 4. The zero-order valence-corrected chi connectivity index (χ0v) is 14.1. The summed E-state index contributed by atoms with van der Waals surface area (Å²) in [7, 11) is 0. The lowest BCUT2D eigenvalue weighted by molar-refractivity contribution is -0.115. The fourth-order valence-electron chi connectivity index (χ4n) is 2.65. The Kier molecular flexibility index (Phi) is 4.19. The lowest BCUT2D eigenvalue weighted by atomic mass is 10.1. The topological polar surface area (TPSA) is 103 Å². The standard InChI is InChI=1S/C18H11F3N6O/c19-18(20,21)8-23-13-3-2-11(5-12(13)7-22)17-26-16(27-28-17)10-1-4-14-15(6-10)25-9-24-14/h1-6,9,23H,8H2,(H,24,25). The van der Waals surface area contributed by atoms with Gasteiger partial charge in [0.15, 0.2) is 0 Å². The Bertz CT molecular complexity index is 1190. The number of fused-ring (bicyclic) bond motifs is 1. The highest BCUT2D eigenvalue weighted by molar-refractivity contribution is 5.80. The van der Waals surface area contributed by atoms with Crippen molar-refractivity contribution >= 4 is 16.7 Å². The van der Waals surface area contributed by atoms with Crippen LogP contribution in [0.2, 0.25) is 0 Å². The number of nitrogens with one attached hydrogen (secondary N) is 2. The fraction of sp³-hybridized carbons (Fsp3) is 0.111. The monoisotopic (exact) mass is 384 g/mol. The van der Waals surface area contributed by atoms with Gasteiger partial charge in [-0.25, -0.2) is 4.98 Å². The highest BCUT2D eigenvalue weighted by Crippen LogP contribution is 2.27. The molecule has 2 N–H and O–H groups in total. The number of halogens is 3. The molecule has 2 heterocycles. The Morgan fingerprint density at radius 2 is 1.96 bits per heavy atom. The van der Waals surface area contributed by atoms with Gasteiger partial charge in [-0.15, -0.1) is 0 Å². The van der Waals surface area contributed by atoms with E-state index < -0.39 is 12.7 Å². The van der Waals surface area contributed by atoms with Gasteiger partial charge in [0, 0.05) is 11.1 Å². The van der Waals surface area contributed by atoms with Crippen LogP contribution in [0.25, 0.3) is 33.9 Å². The largest absolute Gasteiger partial charge is 0.405 e. The van der Waals surface area contributed by atoms with Gasteiger partial charge in [-0.2, -0.15) is 23.4 Å². The molecule has 4 aromatic rings. The molecule has 2 aromatic heterocycles. The first-order valence-electron chi connectivity index (χ1n) is 8.05. The van der Waals surface area contributed by atoms with Crippen LogP contribution < -0.4 is 5.32 Å². The smallest absolute Gasteiger partial charge is 0.375 e. The van der Waals surface area contributed by atoms with E-state index in [2.05, 4.69) is 25.4 Å². The number of rotatable bonds is 4. The predicted molar refractivity (Wildman–Crippen MR) is 94.1 cm³/mol. The number of aromatic amines is 1. The zero-order chi connectivity index (χ0) is 19.7. The van der Waals surface area contributed by atoms with Crippen molar-refractivity contribution in [2.24, 2.45) is 0 Å². The Morgan fingerprint density at radius 1 is 1.14 bits per heavy atom. The maximum atomic E-state index is 12.4. The molecule has 0 atom stereocenters. The molecule has 140 valence electrons. The van der Waals surface area contributed by atoms with Crippen molar-refractivity contribution < 1.29 is 17.7 Å². The van der Waals surface area contributed by atoms with Crippen molar-refractivity contribution in [2.45, 2.75) is 6.18 Å². The molecule has 0 saturated carbocycles. The number of aromatic nitrogens is 4. The van der Waals surface area contributed by atoms with Crippen LogP contribution in [0.3, 0.4) is 0 Å². The Balaban J connectivity index is 1.62. The molecule has 28 heavy (non-hydrogen) atoms. The van der Waals surface area contributed by atoms with Crippen molar-refractivity contribution in [3.63, 3.8) is 0 Å². The summed E-state index contributed by atoms with van der Waals surface area (Å²) in [6.07, 6.45) is -2.81. The number of nitriles is 1. The van der Waals surface area contributed by atoms with E-state index in [0.717, 1.165) is 11.0 Å². The molecule has 4 rings (SSSR count). The summed E-state index contributed by atoms with van der Waals surface area (Å²) in [5.41, 5.74) is 2.85. The van der Waals surface area contributed by atoms with E-state index in [0.29, 0.717) is 17.0 Å². The van der Waals surface area contributed by atoms with Crippen LogP contribution in [0, 0.1) is 11.3 Å². The van der Waals surface area contributed by atoms with Crippen LogP contribution >= 0.6 is 0 Å². The molecule has 7 nitrogen and oxygen atoms in total. The van der Waals surface area contributed by atoms with E-state index in [1.165, 1.54) is 18.2 Å². The molecule has 2 aromatic carbocycles. The second kappa shape index (κ2) is 6.70. The molecular formula is C18H11F3N6O. The fourth-order valence-corrected chi connectivity index (χ4v) is 2.65. The number of anilines is 1. The molecule has 0 saturated heterocycles. The van der Waals surface area contributed by atoms with Crippen LogP contribution in [0.1, 0.15) is 5.56 Å². The van der Waals surface area contributed by atoms with Crippen molar-refractivity contribution in [1.82, 2.24) is 20.1 Å². The van der Waals surface area contributed by atoms with E-state index in [4.69, 9.17) is 4.52 Å². The molecule has 0 spiro atoms. The maximum Gasteiger partial charge on any atom is 0.405 e. The van der Waals surface area contributed by atoms with E-state index in [1.807, 2.05) is 12.1 Å². The highest BCUT2D eigenvalue weighted by atomic mass is 19.4. The second-order valence-electron chi connectivity index (χ2n) is 5.90. The van der Waals surface area contributed by atoms with E-state index in [1.54, 1.807) is 18.5 Å². The van der Waals surface area contributed by atoms with Gasteiger partial charge in [-0.3, -0.25) is 0 Å². The van der Waals surface area contributed by atoms with Crippen LogP contribution in [-0.2, 0) is 0 Å². The zero-order valence-electron chi connectivity index (χ0n) is 14.1. The third kappa shape index (κ3) is 3.50. The van der Waals surface area contributed by atoms with E-state index in [9.17, 15) is 18.4 Å². The molecule has 0 bridgehead atoms. The summed E-state index contributed by atoms with van der Waals surface area (Å²) in [6.45, 7) is -1.23. The average molecular weight is 384 g/mol. The molecular weight excluding hydrogens is 373 g/mol. The van der Waals surface area contributed by atoms with Crippen molar-refractivity contribution in [3.05, 3.63) is 48.3 Å². The molecule has 0 amide bonds. The SMILES string of the molecule is N#Cc1cc(-c2nc(-c3ccc4[nH]cnc4c3)no2)ccc1NCC(F)(F)F. The van der Waals surface area contributed by atoms with Crippen LogP contribution in [-0.4, -0.2) is 32.8 Å². The minimum Gasteiger partial charge on any atom is -0.375 e. The molecule has 0 aliphatic rings. The molecule has 0 radical (unpaired) electrons.